The number of furan rings is 1. The Bertz CT molecular complexity index is 3370. The first-order chi connectivity index (χ1) is 30.8. The van der Waals surface area contributed by atoms with E-state index in [4.69, 9.17) is 9.15 Å². The van der Waals surface area contributed by atoms with Gasteiger partial charge in [-0.05, 0) is 118 Å². The number of hydrogen-bond donors (Lipinski definition) is 0. The van der Waals surface area contributed by atoms with Gasteiger partial charge in [-0.25, -0.2) is 0 Å². The third-order valence-electron chi connectivity index (χ3n) is 13.8. The third-order valence-corrected chi connectivity index (χ3v) is 13.8. The van der Waals surface area contributed by atoms with Crippen LogP contribution in [0.3, 0.4) is 0 Å². The maximum atomic E-state index is 6.91. The quantitative estimate of drug-likeness (QED) is 0.143. The normalized spacial score (nSPS) is 16.4. The van der Waals surface area contributed by atoms with Gasteiger partial charge in [-0.15, -0.1) is 0 Å². The summed E-state index contributed by atoms with van der Waals surface area (Å²) in [6.07, 6.45) is 15.1. The summed E-state index contributed by atoms with van der Waals surface area (Å²) in [7, 11) is 0. The molecule has 0 saturated carbocycles. The summed E-state index contributed by atoms with van der Waals surface area (Å²) in [5.41, 5.74) is 13.8. The van der Waals surface area contributed by atoms with E-state index in [9.17, 15) is 0 Å². The number of allylic oxidation sites excluding steroid dienone is 3. The van der Waals surface area contributed by atoms with Gasteiger partial charge in [0.1, 0.15) is 17.6 Å². The van der Waals surface area contributed by atoms with Crippen molar-refractivity contribution in [1.29, 1.82) is 0 Å². The van der Waals surface area contributed by atoms with Gasteiger partial charge in [-0.1, -0.05) is 137 Å². The lowest BCUT2D eigenvalue weighted by molar-refractivity contribution is 0.269. The maximum absolute atomic E-state index is 6.91. The first-order valence-corrected chi connectivity index (χ1v) is 22.7. The first-order valence-electron chi connectivity index (χ1n) is 22.7. The molecule has 0 bridgehead atoms. The molecule has 0 saturated heterocycles. The average Bonchev–Trinajstić information content (AvgIpc) is 3.89. The van der Waals surface area contributed by atoms with E-state index in [0.29, 0.717) is 0 Å². The molecule has 0 N–H and O–H groups in total. The lowest BCUT2D eigenvalue weighted by Gasteiger charge is -2.32. The number of para-hydroxylation sites is 3. The van der Waals surface area contributed by atoms with Crippen molar-refractivity contribution in [2.24, 2.45) is 0 Å². The van der Waals surface area contributed by atoms with E-state index < -0.39 is 0 Å². The molecule has 3 aliphatic rings. The maximum Gasteiger partial charge on any atom is 0.158 e. The number of anilines is 6. The Balaban J connectivity index is 1.18. The molecule has 2 heterocycles. The highest BCUT2D eigenvalue weighted by Crippen LogP contribution is 2.55. The minimum Gasteiger partial charge on any atom is -0.483 e. The summed E-state index contributed by atoms with van der Waals surface area (Å²) in [5.74, 6) is 2.75. The van der Waals surface area contributed by atoms with Crippen molar-refractivity contribution in [2.45, 2.75) is 71.3 Å². The number of ether oxygens (including phenoxy) is 1. The SMILES string of the molecule is Cc1cccc(N(c2cc(C(C)C)c3ccc4c(N(c5ccccc5)c5cccc6c5OC5C=CC=CC65)cc(C(C)C)c5ccc2c3c54)c2cccc3c4c(oc23)CCC=C4)c1. The molecule has 0 spiro atoms. The highest BCUT2D eigenvalue weighted by atomic mass is 16.5. The summed E-state index contributed by atoms with van der Waals surface area (Å²) < 4.78 is 13.8. The molecule has 63 heavy (non-hydrogen) atoms. The minimum atomic E-state index is -0.0190. The zero-order valence-electron chi connectivity index (χ0n) is 36.5. The fourth-order valence-electron chi connectivity index (χ4n) is 10.9. The molecule has 2 unspecified atom stereocenters. The van der Waals surface area contributed by atoms with Crippen LogP contribution < -0.4 is 14.5 Å². The molecule has 9 aromatic rings. The number of fused-ring (bicyclic) bond motifs is 6. The van der Waals surface area contributed by atoms with Gasteiger partial charge < -0.3 is 19.0 Å². The van der Waals surface area contributed by atoms with Crippen molar-refractivity contribution < 1.29 is 9.15 Å². The molecule has 8 aromatic carbocycles. The average molecular weight is 819 g/mol. The summed E-state index contributed by atoms with van der Waals surface area (Å²) >= 11 is 0. The van der Waals surface area contributed by atoms with Crippen LogP contribution in [0.4, 0.5) is 34.1 Å². The van der Waals surface area contributed by atoms with Gasteiger partial charge in [0.25, 0.3) is 0 Å². The number of hydrogen-bond acceptors (Lipinski definition) is 4. The van der Waals surface area contributed by atoms with Crippen molar-refractivity contribution in [1.82, 2.24) is 0 Å². The monoisotopic (exact) mass is 818 g/mol. The second-order valence-corrected chi connectivity index (χ2v) is 18.3. The smallest absolute Gasteiger partial charge is 0.158 e. The van der Waals surface area contributed by atoms with Gasteiger partial charge in [-0.3, -0.25) is 0 Å². The number of benzene rings is 8. The second-order valence-electron chi connectivity index (χ2n) is 18.3. The summed E-state index contributed by atoms with van der Waals surface area (Å²) in [4.78, 5) is 4.93. The van der Waals surface area contributed by atoms with E-state index >= 15 is 0 Å². The molecule has 0 amide bonds. The predicted octanol–water partition coefficient (Wildman–Crippen LogP) is 16.8. The third kappa shape index (κ3) is 5.80. The van der Waals surface area contributed by atoms with Gasteiger partial charge in [0, 0.05) is 51.0 Å². The molecule has 2 atom stereocenters. The molecule has 2 aliphatic carbocycles. The Hall–Kier alpha value is -7.04. The van der Waals surface area contributed by atoms with Crippen LogP contribution in [0.5, 0.6) is 5.75 Å². The molecule has 1 aliphatic heterocycles. The summed E-state index contributed by atoms with van der Waals surface area (Å²) in [5, 5.41) is 8.78. The summed E-state index contributed by atoms with van der Waals surface area (Å²) in [6, 6.07) is 47.6. The second kappa shape index (κ2) is 14.5. The van der Waals surface area contributed by atoms with Crippen LogP contribution in [0.1, 0.15) is 85.4 Å². The van der Waals surface area contributed by atoms with Crippen molar-refractivity contribution in [3.8, 4) is 5.75 Å². The highest BCUT2D eigenvalue weighted by molar-refractivity contribution is 6.29. The zero-order chi connectivity index (χ0) is 42.5. The fraction of sp³-hybridized carbons (Fsp3) is 0.186. The molecular weight excluding hydrogens is 769 g/mol. The van der Waals surface area contributed by atoms with E-state index in [2.05, 4.69) is 208 Å². The van der Waals surface area contributed by atoms with E-state index in [1.807, 2.05) is 0 Å². The molecule has 12 rings (SSSR count). The van der Waals surface area contributed by atoms with Gasteiger partial charge in [0.15, 0.2) is 5.58 Å². The van der Waals surface area contributed by atoms with E-state index in [0.717, 1.165) is 69.4 Å². The zero-order valence-corrected chi connectivity index (χ0v) is 36.5. The van der Waals surface area contributed by atoms with E-state index in [1.165, 1.54) is 60.1 Å². The molecule has 1 aromatic heterocycles. The van der Waals surface area contributed by atoms with Gasteiger partial charge >= 0.3 is 0 Å². The minimum absolute atomic E-state index is 0.0190. The molecule has 4 heteroatoms. The molecule has 0 radical (unpaired) electrons. The topological polar surface area (TPSA) is 28.9 Å². The Labute approximate surface area is 369 Å². The number of rotatable bonds is 8. The molecule has 308 valence electrons. The highest BCUT2D eigenvalue weighted by Gasteiger charge is 2.36. The van der Waals surface area contributed by atoms with Crippen molar-refractivity contribution in [3.63, 3.8) is 0 Å². The molecular formula is C59H50N2O2. The largest absolute Gasteiger partial charge is 0.483 e. The number of nitrogens with zero attached hydrogens (tertiary/aromatic N) is 2. The first kappa shape index (κ1) is 37.7. The lowest BCUT2D eigenvalue weighted by Crippen LogP contribution is -2.16. The van der Waals surface area contributed by atoms with Crippen LogP contribution in [0, 0.1) is 6.92 Å². The standard InChI is InChI=1S/C59H50N2O2/c1-35(2)48-33-52(60(38-17-7-6-8-18-38)50-24-14-22-44-40-20-9-11-26-54(40)62-58(44)50)46-30-28-43-49(36(3)4)34-53(47-31-29-42(48)56(46)57(43)47)61(39-19-13-16-37(5)32-39)51-25-15-23-45-41-21-10-12-27-55(41)63-59(45)51/h6-11,13-26,28-36,40,54H,12,27H2,1-5H3. The predicted molar refractivity (Wildman–Crippen MR) is 265 cm³/mol. The Kier molecular flexibility index (Phi) is 8.69. The van der Waals surface area contributed by atoms with Crippen LogP contribution in [-0.4, -0.2) is 6.10 Å². The van der Waals surface area contributed by atoms with Crippen molar-refractivity contribution in [3.05, 3.63) is 191 Å². The molecule has 0 fully saturated rings. The Morgan fingerprint density at radius 1 is 0.571 bits per heavy atom. The Morgan fingerprint density at radius 2 is 1.21 bits per heavy atom. The Morgan fingerprint density at radius 3 is 1.92 bits per heavy atom. The van der Waals surface area contributed by atoms with E-state index in [1.54, 1.807) is 0 Å². The van der Waals surface area contributed by atoms with Gasteiger partial charge in [-0.2, -0.15) is 0 Å². The summed E-state index contributed by atoms with van der Waals surface area (Å²) in [6.45, 7) is 11.5. The molecule has 4 nitrogen and oxygen atoms in total. The van der Waals surface area contributed by atoms with Gasteiger partial charge in [0.2, 0.25) is 0 Å². The van der Waals surface area contributed by atoms with Crippen LogP contribution in [0.15, 0.2) is 162 Å². The fourth-order valence-corrected chi connectivity index (χ4v) is 10.9. The van der Waals surface area contributed by atoms with Crippen molar-refractivity contribution in [2.75, 3.05) is 9.80 Å². The van der Waals surface area contributed by atoms with Crippen LogP contribution in [0.25, 0.3) is 49.4 Å². The van der Waals surface area contributed by atoms with Crippen LogP contribution >= 0.6 is 0 Å². The van der Waals surface area contributed by atoms with Crippen molar-refractivity contribution >= 4 is 83.5 Å². The lowest BCUT2D eigenvalue weighted by atomic mass is 9.84. The number of aryl methyl sites for hydroxylation is 2. The van der Waals surface area contributed by atoms with Gasteiger partial charge in [0.05, 0.1) is 22.7 Å². The van der Waals surface area contributed by atoms with E-state index in [-0.39, 0.29) is 23.9 Å². The van der Waals surface area contributed by atoms with Crippen LogP contribution in [0.2, 0.25) is 0 Å². The van der Waals surface area contributed by atoms with Crippen LogP contribution in [-0.2, 0) is 6.42 Å².